The molecule has 1 aliphatic rings. The van der Waals surface area contributed by atoms with Gasteiger partial charge in [-0.05, 0) is 88.2 Å². The van der Waals surface area contributed by atoms with Gasteiger partial charge in [-0.2, -0.15) is 0 Å². The zero-order valence-corrected chi connectivity index (χ0v) is 25.8. The first-order valence-corrected chi connectivity index (χ1v) is 14.8. The van der Waals surface area contributed by atoms with Gasteiger partial charge in [-0.1, -0.05) is 29.5 Å². The Morgan fingerprint density at radius 3 is 2.42 bits per heavy atom. The normalized spacial score (nSPS) is 14.7. The van der Waals surface area contributed by atoms with Gasteiger partial charge < -0.3 is 18.8 Å². The minimum absolute atomic E-state index is 0.203. The number of allylic oxidation sites excluding steroid dienone is 1. The van der Waals surface area contributed by atoms with Crippen LogP contribution in [0.25, 0.3) is 11.8 Å². The second-order valence-corrected chi connectivity index (χ2v) is 11.0. The molecule has 0 fully saturated rings. The molecule has 0 N–H and O–H groups in total. The number of nitrogens with zero attached hydrogens (tertiary/aromatic N) is 3. The van der Waals surface area contributed by atoms with Crippen LogP contribution in [0.4, 0.5) is 0 Å². The fraction of sp³-hybridized carbons (Fsp3) is 0.273. The fourth-order valence-corrected chi connectivity index (χ4v) is 6.42. The highest BCUT2D eigenvalue weighted by Crippen LogP contribution is 2.32. The van der Waals surface area contributed by atoms with E-state index >= 15 is 0 Å². The molecule has 0 unspecified atom stereocenters. The molecular weight excluding hydrogens is 566 g/mol. The number of aromatic nitrogens is 2. The maximum atomic E-state index is 14.1. The first-order chi connectivity index (χ1) is 20.7. The van der Waals surface area contributed by atoms with Gasteiger partial charge >= 0.3 is 11.9 Å². The lowest BCUT2D eigenvalue weighted by atomic mass is 9.96. The molecule has 0 saturated carbocycles. The smallest absolute Gasteiger partial charge is 0.338 e. The van der Waals surface area contributed by atoms with Gasteiger partial charge in [-0.3, -0.25) is 9.36 Å². The van der Waals surface area contributed by atoms with Crippen molar-refractivity contribution < 1.29 is 23.8 Å². The largest absolute Gasteiger partial charge is 0.494 e. The molecule has 1 aliphatic heterocycles. The van der Waals surface area contributed by atoms with Crippen LogP contribution >= 0.6 is 11.3 Å². The lowest BCUT2D eigenvalue weighted by Crippen LogP contribution is -2.39. The van der Waals surface area contributed by atoms with Crippen molar-refractivity contribution in [1.29, 1.82) is 0 Å². The summed E-state index contributed by atoms with van der Waals surface area (Å²) >= 11 is 1.27. The molecule has 5 rings (SSSR count). The molecule has 4 aromatic rings. The zero-order chi connectivity index (χ0) is 30.8. The van der Waals surface area contributed by atoms with Crippen LogP contribution in [0, 0.1) is 13.8 Å². The average molecular weight is 600 g/mol. The number of hydrogen-bond acceptors (Lipinski definition) is 8. The molecule has 0 bridgehead atoms. The summed E-state index contributed by atoms with van der Waals surface area (Å²) in [6.45, 7) is 10.1. The Kier molecular flexibility index (Phi) is 8.50. The van der Waals surface area contributed by atoms with Crippen molar-refractivity contribution in [3.63, 3.8) is 0 Å². The highest BCUT2D eigenvalue weighted by molar-refractivity contribution is 7.07. The number of esters is 2. The van der Waals surface area contributed by atoms with Crippen molar-refractivity contribution in [3.05, 3.63) is 114 Å². The molecule has 2 aromatic heterocycles. The number of hydrogen-bond donors (Lipinski definition) is 0. The average Bonchev–Trinajstić information content (AvgIpc) is 3.45. The summed E-state index contributed by atoms with van der Waals surface area (Å²) in [4.78, 5) is 44.5. The van der Waals surface area contributed by atoms with Crippen LogP contribution in [0.1, 0.15) is 59.7 Å². The number of aryl methyl sites for hydroxylation is 1. The molecule has 0 aliphatic carbocycles. The highest BCUT2D eigenvalue weighted by Gasteiger charge is 2.33. The Hall–Kier alpha value is -4.70. The molecule has 43 heavy (non-hydrogen) atoms. The van der Waals surface area contributed by atoms with Gasteiger partial charge in [0.05, 0.1) is 47.7 Å². The molecule has 222 valence electrons. The summed E-state index contributed by atoms with van der Waals surface area (Å²) < 4.78 is 20.0. The molecule has 0 amide bonds. The van der Waals surface area contributed by atoms with Crippen molar-refractivity contribution in [3.8, 4) is 11.4 Å². The number of methoxy groups -OCH3 is 1. The van der Waals surface area contributed by atoms with E-state index in [1.54, 1.807) is 30.5 Å². The second kappa shape index (κ2) is 12.3. The van der Waals surface area contributed by atoms with Gasteiger partial charge in [0.25, 0.3) is 5.56 Å². The maximum absolute atomic E-state index is 14.1. The maximum Gasteiger partial charge on any atom is 0.338 e. The third-order valence-corrected chi connectivity index (χ3v) is 8.29. The van der Waals surface area contributed by atoms with E-state index in [1.165, 1.54) is 18.4 Å². The Labute approximate surface area is 253 Å². The van der Waals surface area contributed by atoms with Gasteiger partial charge in [0.1, 0.15) is 5.75 Å². The van der Waals surface area contributed by atoms with E-state index < -0.39 is 18.0 Å². The summed E-state index contributed by atoms with van der Waals surface area (Å²) in [5.41, 5.74) is 5.27. The van der Waals surface area contributed by atoms with Gasteiger partial charge in [-0.15, -0.1) is 0 Å². The summed E-state index contributed by atoms with van der Waals surface area (Å²) in [7, 11) is 1.35. The lowest BCUT2D eigenvalue weighted by Gasteiger charge is -2.24. The lowest BCUT2D eigenvalue weighted by molar-refractivity contribution is -0.139. The van der Waals surface area contributed by atoms with Crippen LogP contribution in [-0.4, -0.2) is 41.4 Å². The highest BCUT2D eigenvalue weighted by atomic mass is 32.1. The third kappa shape index (κ3) is 5.58. The topological polar surface area (TPSA) is 101 Å². The first kappa shape index (κ1) is 29.8. The van der Waals surface area contributed by atoms with Crippen LogP contribution in [0.3, 0.4) is 0 Å². The molecule has 2 aromatic carbocycles. The Balaban J connectivity index is 1.65. The predicted octanol–water partition coefficient (Wildman–Crippen LogP) is 4.39. The molecular formula is C33H33N3O6S. The number of thiazole rings is 1. The first-order valence-electron chi connectivity index (χ1n) is 14.0. The minimum Gasteiger partial charge on any atom is -0.494 e. The second-order valence-electron chi connectivity index (χ2n) is 10.0. The van der Waals surface area contributed by atoms with Crippen molar-refractivity contribution in [2.75, 3.05) is 20.3 Å². The molecule has 10 heteroatoms. The van der Waals surface area contributed by atoms with Crippen molar-refractivity contribution in [2.45, 2.75) is 40.7 Å². The monoisotopic (exact) mass is 599 g/mol. The van der Waals surface area contributed by atoms with Crippen molar-refractivity contribution in [2.24, 2.45) is 4.99 Å². The van der Waals surface area contributed by atoms with Crippen LogP contribution in [0.2, 0.25) is 0 Å². The van der Waals surface area contributed by atoms with E-state index in [9.17, 15) is 14.4 Å². The summed E-state index contributed by atoms with van der Waals surface area (Å²) in [6, 6.07) is 15.9. The number of ether oxygens (including phenoxy) is 3. The van der Waals surface area contributed by atoms with E-state index in [1.807, 2.05) is 73.9 Å². The molecule has 9 nitrogen and oxygen atoms in total. The van der Waals surface area contributed by atoms with Crippen LogP contribution in [-0.2, 0) is 14.3 Å². The third-order valence-electron chi connectivity index (χ3n) is 7.31. The summed E-state index contributed by atoms with van der Waals surface area (Å²) in [5, 5.41) is 0. The number of rotatable bonds is 8. The standard InChI is InChI=1S/C33H33N3O6S/c1-7-41-26-14-12-22(13-15-26)29-28(32(39)42-8-2)20(4)34-33-36(29)30(37)27(43-33)18-24-16-19(3)35(21(24)5)25-11-9-10-23(17-25)31(38)40-6/h9-18,29H,7-8H2,1-6H3/b27-18+/t29-/m1/s1. The summed E-state index contributed by atoms with van der Waals surface area (Å²) in [5.74, 6) is -0.218. The fourth-order valence-electron chi connectivity index (χ4n) is 5.38. The molecule has 3 heterocycles. The van der Waals surface area contributed by atoms with E-state index in [-0.39, 0.29) is 12.2 Å². The summed E-state index contributed by atoms with van der Waals surface area (Å²) in [6.07, 6.45) is 1.85. The Bertz CT molecular complexity index is 1930. The number of benzene rings is 2. The van der Waals surface area contributed by atoms with E-state index in [0.29, 0.717) is 38.5 Å². The van der Waals surface area contributed by atoms with Crippen LogP contribution in [0.15, 0.2) is 75.7 Å². The van der Waals surface area contributed by atoms with Gasteiger partial charge in [-0.25, -0.2) is 14.6 Å². The van der Waals surface area contributed by atoms with Crippen molar-refractivity contribution in [1.82, 2.24) is 9.13 Å². The molecule has 0 saturated heterocycles. The molecule has 0 radical (unpaired) electrons. The van der Waals surface area contributed by atoms with Crippen LogP contribution < -0.4 is 19.6 Å². The van der Waals surface area contributed by atoms with E-state index in [2.05, 4.69) is 4.99 Å². The van der Waals surface area contributed by atoms with Gasteiger partial charge in [0, 0.05) is 17.1 Å². The van der Waals surface area contributed by atoms with E-state index in [0.717, 1.165) is 28.2 Å². The SMILES string of the molecule is CCOC(=O)C1=C(C)N=c2s/c(=C/c3cc(C)n(-c4cccc(C(=O)OC)c4)c3C)c(=O)n2[C@@H]1c1ccc(OCC)cc1. The Morgan fingerprint density at radius 1 is 1.00 bits per heavy atom. The molecule has 0 spiro atoms. The van der Waals surface area contributed by atoms with Gasteiger partial charge in [0.2, 0.25) is 0 Å². The zero-order valence-electron chi connectivity index (χ0n) is 25.0. The quantitative estimate of drug-likeness (QED) is 0.279. The number of fused-ring (bicyclic) bond motifs is 1. The minimum atomic E-state index is -0.707. The molecule has 1 atom stereocenters. The van der Waals surface area contributed by atoms with Crippen LogP contribution in [0.5, 0.6) is 5.75 Å². The number of carbonyl (C=O) groups is 2. The van der Waals surface area contributed by atoms with E-state index in [4.69, 9.17) is 14.2 Å². The van der Waals surface area contributed by atoms with Gasteiger partial charge in [0.15, 0.2) is 4.80 Å². The predicted molar refractivity (Wildman–Crippen MR) is 165 cm³/mol. The Morgan fingerprint density at radius 2 is 1.74 bits per heavy atom. The van der Waals surface area contributed by atoms with Crippen molar-refractivity contribution >= 4 is 29.4 Å². The number of carbonyl (C=O) groups excluding carboxylic acids is 2.